The fourth-order valence-electron chi connectivity index (χ4n) is 2.57. The Hall–Kier alpha value is -2.88. The maximum atomic E-state index is 12.0. The van der Waals surface area contributed by atoms with Crippen LogP contribution in [0.4, 0.5) is 0 Å². The van der Waals surface area contributed by atoms with Crippen LogP contribution in [0.5, 0.6) is 5.75 Å². The smallest absolute Gasteiger partial charge is 0.280 e. The Morgan fingerprint density at radius 1 is 1.05 bits per heavy atom. The lowest BCUT2D eigenvalue weighted by Crippen LogP contribution is -2.08. The van der Waals surface area contributed by atoms with Gasteiger partial charge in [0.05, 0.1) is 7.11 Å². The van der Waals surface area contributed by atoms with Crippen LogP contribution in [0.15, 0.2) is 57.7 Å². The highest BCUT2D eigenvalue weighted by Gasteiger charge is 2.15. The van der Waals surface area contributed by atoms with Crippen molar-refractivity contribution in [1.29, 1.82) is 0 Å². The standard InChI is InChI=1S/C17H11NO3/c1-20-11-6-7-15-10(8-11)9-14-12-4-2-3-5-13(12)16(19)18-17(14)21-15/h2-9H,1H3. The van der Waals surface area contributed by atoms with E-state index in [1.54, 1.807) is 13.2 Å². The number of ether oxygens (including phenoxy) is 1. The number of benzene rings is 2. The fraction of sp³-hybridized carbons (Fsp3) is 0.0588. The van der Waals surface area contributed by atoms with Gasteiger partial charge in [0.15, 0.2) is 0 Å². The van der Waals surface area contributed by atoms with Crippen LogP contribution in [0.1, 0.15) is 0 Å². The van der Waals surface area contributed by atoms with Gasteiger partial charge < -0.3 is 9.15 Å². The van der Waals surface area contributed by atoms with Crippen LogP contribution >= 0.6 is 0 Å². The van der Waals surface area contributed by atoms with Crippen molar-refractivity contribution in [1.82, 2.24) is 4.98 Å². The van der Waals surface area contributed by atoms with Crippen LogP contribution in [0.3, 0.4) is 0 Å². The van der Waals surface area contributed by atoms with E-state index >= 15 is 0 Å². The number of pyridine rings is 1. The Morgan fingerprint density at radius 2 is 1.86 bits per heavy atom. The SMILES string of the molecule is COc1ccc2oc3nc(=O)c4ccccc4c-3cc2c1. The van der Waals surface area contributed by atoms with E-state index in [9.17, 15) is 4.79 Å². The first-order valence-electron chi connectivity index (χ1n) is 6.56. The maximum absolute atomic E-state index is 12.0. The third-order valence-electron chi connectivity index (χ3n) is 3.60. The Balaban J connectivity index is 2.19. The highest BCUT2D eigenvalue weighted by atomic mass is 16.5. The number of rotatable bonds is 1. The fourth-order valence-corrected chi connectivity index (χ4v) is 2.57. The lowest BCUT2D eigenvalue weighted by molar-refractivity contribution is 0.415. The van der Waals surface area contributed by atoms with E-state index in [2.05, 4.69) is 4.98 Å². The number of nitrogens with zero attached hydrogens (tertiary/aromatic N) is 1. The average molecular weight is 277 g/mol. The Labute approximate surface area is 119 Å². The summed E-state index contributed by atoms with van der Waals surface area (Å²) in [6.45, 7) is 0. The largest absolute Gasteiger partial charge is 0.497 e. The van der Waals surface area contributed by atoms with Crippen molar-refractivity contribution < 1.29 is 9.15 Å². The second kappa shape index (κ2) is 4.31. The van der Waals surface area contributed by atoms with Gasteiger partial charge in [0.1, 0.15) is 11.3 Å². The molecule has 0 fully saturated rings. The summed E-state index contributed by atoms with van der Waals surface area (Å²) in [5.41, 5.74) is 1.23. The van der Waals surface area contributed by atoms with Gasteiger partial charge in [0.25, 0.3) is 5.56 Å². The van der Waals surface area contributed by atoms with Gasteiger partial charge in [-0.3, -0.25) is 4.79 Å². The predicted molar refractivity (Wildman–Crippen MR) is 81.0 cm³/mol. The minimum atomic E-state index is -0.269. The lowest BCUT2D eigenvalue weighted by Gasteiger charge is -2.09. The molecule has 0 aromatic heterocycles. The quantitative estimate of drug-likeness (QED) is 0.395. The third-order valence-corrected chi connectivity index (χ3v) is 3.60. The Morgan fingerprint density at radius 3 is 2.67 bits per heavy atom. The summed E-state index contributed by atoms with van der Waals surface area (Å²) in [5, 5.41) is 2.36. The van der Waals surface area contributed by atoms with Gasteiger partial charge in [-0.25, -0.2) is 0 Å². The number of methoxy groups -OCH3 is 1. The molecular formula is C17H11NO3. The zero-order chi connectivity index (χ0) is 14.4. The van der Waals surface area contributed by atoms with Crippen molar-refractivity contribution in [2.45, 2.75) is 0 Å². The number of hydrogen-bond acceptors (Lipinski definition) is 4. The minimum Gasteiger partial charge on any atom is -0.497 e. The van der Waals surface area contributed by atoms with E-state index in [4.69, 9.17) is 9.15 Å². The minimum absolute atomic E-state index is 0.269. The Kier molecular flexibility index (Phi) is 2.44. The van der Waals surface area contributed by atoms with Gasteiger partial charge in [0, 0.05) is 16.3 Å². The molecule has 21 heavy (non-hydrogen) atoms. The second-order valence-corrected chi connectivity index (χ2v) is 4.83. The molecule has 2 aliphatic rings. The van der Waals surface area contributed by atoms with Crippen molar-refractivity contribution in [2.75, 3.05) is 7.11 Å². The number of fused-ring (bicyclic) bond motifs is 4. The second-order valence-electron chi connectivity index (χ2n) is 4.83. The summed E-state index contributed by atoms with van der Waals surface area (Å²) < 4.78 is 11.0. The molecule has 0 unspecified atom stereocenters. The summed E-state index contributed by atoms with van der Waals surface area (Å²) >= 11 is 0. The van der Waals surface area contributed by atoms with Gasteiger partial charge in [-0.05, 0) is 35.7 Å². The summed E-state index contributed by atoms with van der Waals surface area (Å²) in [6.07, 6.45) is 0. The molecule has 0 saturated carbocycles. The molecule has 2 heterocycles. The van der Waals surface area contributed by atoms with Crippen LogP contribution in [-0.4, -0.2) is 12.1 Å². The molecule has 2 aromatic rings. The predicted octanol–water partition coefficient (Wildman–Crippen LogP) is 3.45. The monoisotopic (exact) mass is 277 g/mol. The van der Waals surface area contributed by atoms with Crippen LogP contribution in [0, 0.1) is 0 Å². The normalized spacial score (nSPS) is 11.3. The molecule has 0 N–H and O–H groups in total. The van der Waals surface area contributed by atoms with Crippen LogP contribution in [-0.2, 0) is 0 Å². The van der Waals surface area contributed by atoms with Crippen molar-refractivity contribution in [3.8, 4) is 17.2 Å². The highest BCUT2D eigenvalue weighted by Crippen LogP contribution is 2.32. The molecule has 102 valence electrons. The highest BCUT2D eigenvalue weighted by molar-refractivity contribution is 5.98. The van der Waals surface area contributed by atoms with E-state index in [0.717, 1.165) is 22.1 Å². The van der Waals surface area contributed by atoms with Crippen molar-refractivity contribution in [3.63, 3.8) is 0 Å². The molecule has 0 saturated heterocycles. The lowest BCUT2D eigenvalue weighted by atomic mass is 10.0. The molecule has 0 bridgehead atoms. The van der Waals surface area contributed by atoms with Crippen LogP contribution in [0.2, 0.25) is 0 Å². The van der Waals surface area contributed by atoms with E-state index < -0.39 is 0 Å². The van der Waals surface area contributed by atoms with E-state index in [1.807, 2.05) is 42.5 Å². The first kappa shape index (κ1) is 11.9. The summed E-state index contributed by atoms with van der Waals surface area (Å²) in [6, 6.07) is 14.9. The molecule has 4 nitrogen and oxygen atoms in total. The summed E-state index contributed by atoms with van der Waals surface area (Å²) in [5.74, 6) is 1.12. The Bertz CT molecular complexity index is 1000. The molecule has 0 atom stereocenters. The van der Waals surface area contributed by atoms with Crippen molar-refractivity contribution in [3.05, 3.63) is 58.9 Å². The molecule has 0 aliphatic carbocycles. The van der Waals surface area contributed by atoms with Gasteiger partial charge in [-0.15, -0.1) is 0 Å². The summed E-state index contributed by atoms with van der Waals surface area (Å²) in [7, 11) is 1.63. The molecule has 0 amide bonds. The number of hydrogen-bond donors (Lipinski definition) is 0. The molecular weight excluding hydrogens is 266 g/mol. The first-order valence-corrected chi connectivity index (χ1v) is 6.56. The zero-order valence-electron chi connectivity index (χ0n) is 11.3. The average Bonchev–Trinajstić information content (AvgIpc) is 2.53. The molecule has 2 aliphatic heterocycles. The van der Waals surface area contributed by atoms with Crippen LogP contribution in [0.25, 0.3) is 33.2 Å². The third kappa shape index (κ3) is 1.76. The van der Waals surface area contributed by atoms with Crippen molar-refractivity contribution >= 4 is 21.7 Å². The van der Waals surface area contributed by atoms with E-state index in [-0.39, 0.29) is 5.56 Å². The maximum Gasteiger partial charge on any atom is 0.280 e. The van der Waals surface area contributed by atoms with Crippen LogP contribution < -0.4 is 10.3 Å². The summed E-state index contributed by atoms with van der Waals surface area (Å²) in [4.78, 5) is 16.1. The first-order chi connectivity index (χ1) is 10.3. The van der Waals surface area contributed by atoms with Gasteiger partial charge >= 0.3 is 0 Å². The molecule has 0 radical (unpaired) electrons. The molecule has 4 rings (SSSR count). The topological polar surface area (TPSA) is 52.3 Å². The van der Waals surface area contributed by atoms with Gasteiger partial charge in [-0.1, -0.05) is 18.2 Å². The van der Waals surface area contributed by atoms with Gasteiger partial charge in [-0.2, -0.15) is 4.98 Å². The van der Waals surface area contributed by atoms with Gasteiger partial charge in [0.2, 0.25) is 5.89 Å². The molecule has 4 heteroatoms. The number of aromatic nitrogens is 1. The molecule has 2 aromatic carbocycles. The van der Waals surface area contributed by atoms with E-state index in [1.165, 1.54) is 0 Å². The van der Waals surface area contributed by atoms with E-state index in [0.29, 0.717) is 16.9 Å². The molecule has 0 spiro atoms. The zero-order valence-corrected chi connectivity index (χ0v) is 11.3. The van der Waals surface area contributed by atoms with Crippen molar-refractivity contribution in [2.24, 2.45) is 0 Å².